The molecule has 90 valence electrons. The molecular weight excluding hydrogens is 611 g/mol. The van der Waals surface area contributed by atoms with E-state index in [2.05, 4.69) is 111 Å². The lowest BCUT2D eigenvalue weighted by Gasteiger charge is -2.12. The van der Waals surface area contributed by atoms with Crippen LogP contribution in [0.4, 0.5) is 0 Å². The molecule has 6 heteroatoms. The molecule has 2 aromatic rings. The largest absolute Gasteiger partial charge is 0.121 e. The molecule has 0 saturated carbocycles. The topological polar surface area (TPSA) is 0 Å². The molecule has 1 atom stereocenters. The number of thiophene rings is 1. The minimum Gasteiger partial charge on any atom is -0.121 e. The second-order valence-corrected chi connectivity index (χ2v) is 10.1. The lowest BCUT2D eigenvalue weighted by molar-refractivity contribution is 1.16. The van der Waals surface area contributed by atoms with Crippen LogP contribution in [-0.2, 0) is 0 Å². The number of halogens is 5. The molecule has 0 N–H and O–H groups in total. The summed E-state index contributed by atoms with van der Waals surface area (Å²) in [6.45, 7) is 0. The second-order valence-electron chi connectivity index (χ2n) is 3.31. The van der Waals surface area contributed by atoms with E-state index in [1.165, 1.54) is 14.7 Å². The van der Waals surface area contributed by atoms with E-state index in [9.17, 15) is 0 Å². The first-order valence-corrected chi connectivity index (χ1v) is 9.72. The van der Waals surface area contributed by atoms with Gasteiger partial charge in [-0.15, -0.1) is 11.3 Å². The molecule has 0 aliphatic rings. The van der Waals surface area contributed by atoms with Crippen molar-refractivity contribution in [2.45, 2.75) is 4.83 Å². The van der Waals surface area contributed by atoms with E-state index < -0.39 is 0 Å². The highest BCUT2D eigenvalue weighted by Crippen LogP contribution is 2.43. The Morgan fingerprint density at radius 3 is 2.35 bits per heavy atom. The Kier molecular flexibility index (Phi) is 5.59. The summed E-state index contributed by atoms with van der Waals surface area (Å²) < 4.78 is 4.63. The van der Waals surface area contributed by atoms with Gasteiger partial charge in [-0.3, -0.25) is 0 Å². The molecule has 0 spiro atoms. The molecule has 0 aliphatic heterocycles. The van der Waals surface area contributed by atoms with Crippen LogP contribution in [0, 0.1) is 3.57 Å². The highest BCUT2D eigenvalue weighted by Gasteiger charge is 2.18. The standard InChI is InChI=1S/C11H5Br4IS/c12-8-2-1-5(16)3-6(8)10(14)7-4-9(13)17-11(7)15/h1-4,10H. The maximum Gasteiger partial charge on any atom is 0.0757 e. The van der Waals surface area contributed by atoms with Crippen molar-refractivity contribution in [1.29, 1.82) is 0 Å². The minimum absolute atomic E-state index is 0.184. The van der Waals surface area contributed by atoms with Crippen LogP contribution in [0.1, 0.15) is 16.0 Å². The maximum absolute atomic E-state index is 3.77. The monoisotopic (exact) mass is 612 g/mol. The molecule has 0 saturated heterocycles. The summed E-state index contributed by atoms with van der Waals surface area (Å²) >= 11 is 18.5. The molecule has 0 bridgehead atoms. The summed E-state index contributed by atoms with van der Waals surface area (Å²) in [4.78, 5) is 0.184. The smallest absolute Gasteiger partial charge is 0.0757 e. The van der Waals surface area contributed by atoms with Crippen LogP contribution in [0.2, 0.25) is 0 Å². The van der Waals surface area contributed by atoms with Gasteiger partial charge in [-0.2, -0.15) is 0 Å². The van der Waals surface area contributed by atoms with Gasteiger partial charge in [0.1, 0.15) is 0 Å². The van der Waals surface area contributed by atoms with Crippen molar-refractivity contribution >= 4 is 97.6 Å². The van der Waals surface area contributed by atoms with Crippen molar-refractivity contribution in [3.8, 4) is 0 Å². The van der Waals surface area contributed by atoms with Gasteiger partial charge in [0, 0.05) is 8.04 Å². The van der Waals surface area contributed by atoms with Gasteiger partial charge in [0.15, 0.2) is 0 Å². The van der Waals surface area contributed by atoms with Gasteiger partial charge in [-0.25, -0.2) is 0 Å². The molecule has 17 heavy (non-hydrogen) atoms. The van der Waals surface area contributed by atoms with Crippen molar-refractivity contribution in [3.63, 3.8) is 0 Å². The average molecular weight is 616 g/mol. The molecule has 0 amide bonds. The van der Waals surface area contributed by atoms with Gasteiger partial charge >= 0.3 is 0 Å². The van der Waals surface area contributed by atoms with Crippen molar-refractivity contribution in [1.82, 2.24) is 0 Å². The summed E-state index contributed by atoms with van der Waals surface area (Å²) in [5.41, 5.74) is 2.48. The van der Waals surface area contributed by atoms with E-state index >= 15 is 0 Å². The Bertz CT molecular complexity index is 552. The third kappa shape index (κ3) is 3.56. The van der Waals surface area contributed by atoms with Crippen molar-refractivity contribution in [2.24, 2.45) is 0 Å². The molecule has 1 unspecified atom stereocenters. The highest BCUT2D eigenvalue weighted by molar-refractivity contribution is 14.1. The number of benzene rings is 1. The first-order valence-electron chi connectivity index (χ1n) is 4.53. The number of rotatable bonds is 2. The van der Waals surface area contributed by atoms with Gasteiger partial charge in [0.2, 0.25) is 0 Å². The molecule has 0 fully saturated rings. The van der Waals surface area contributed by atoms with E-state index in [1.54, 1.807) is 11.3 Å². The quantitative estimate of drug-likeness (QED) is 0.249. The van der Waals surface area contributed by atoms with Gasteiger partial charge < -0.3 is 0 Å². The highest BCUT2D eigenvalue weighted by atomic mass is 127. The maximum atomic E-state index is 3.77. The zero-order chi connectivity index (χ0) is 12.6. The number of hydrogen-bond acceptors (Lipinski definition) is 1. The van der Waals surface area contributed by atoms with Crippen LogP contribution in [0.15, 0.2) is 36.3 Å². The summed E-state index contributed by atoms with van der Waals surface area (Å²) in [6.07, 6.45) is 0. The molecule has 0 aliphatic carbocycles. The summed E-state index contributed by atoms with van der Waals surface area (Å²) in [5, 5.41) is 0. The number of alkyl halides is 1. The van der Waals surface area contributed by atoms with Crippen molar-refractivity contribution in [2.75, 3.05) is 0 Å². The Labute approximate surface area is 151 Å². The molecular formula is C11H5Br4IS. The Balaban J connectivity index is 2.46. The summed E-state index contributed by atoms with van der Waals surface area (Å²) in [7, 11) is 0. The van der Waals surface area contributed by atoms with Gasteiger partial charge in [0.25, 0.3) is 0 Å². The van der Waals surface area contributed by atoms with Crippen LogP contribution >= 0.6 is 97.6 Å². The molecule has 1 aromatic heterocycles. The van der Waals surface area contributed by atoms with Crippen LogP contribution in [0.25, 0.3) is 0 Å². The van der Waals surface area contributed by atoms with Crippen LogP contribution in [0.3, 0.4) is 0 Å². The third-order valence-corrected chi connectivity index (χ3v) is 6.95. The first kappa shape index (κ1) is 15.0. The van der Waals surface area contributed by atoms with Gasteiger partial charge in [-0.1, -0.05) is 31.9 Å². The predicted octanol–water partition coefficient (Wildman–Crippen LogP) is 7.12. The van der Waals surface area contributed by atoms with E-state index in [-0.39, 0.29) is 4.83 Å². The first-order chi connectivity index (χ1) is 7.99. The molecule has 1 aromatic carbocycles. The zero-order valence-corrected chi connectivity index (χ0v) is 17.5. The molecule has 1 heterocycles. The fourth-order valence-corrected chi connectivity index (χ4v) is 6.80. The van der Waals surface area contributed by atoms with Gasteiger partial charge in [0.05, 0.1) is 12.4 Å². The predicted molar refractivity (Wildman–Crippen MR) is 97.3 cm³/mol. The Morgan fingerprint density at radius 2 is 1.76 bits per heavy atom. The van der Waals surface area contributed by atoms with Crippen molar-refractivity contribution < 1.29 is 0 Å². The second kappa shape index (κ2) is 6.35. The normalized spacial score (nSPS) is 12.8. The van der Waals surface area contributed by atoms with Crippen molar-refractivity contribution in [3.05, 3.63) is 51.0 Å². The Hall–Kier alpha value is 1.57. The summed E-state index contributed by atoms with van der Waals surface area (Å²) in [5.74, 6) is 0. The SMILES string of the molecule is Brc1cc(C(Br)c2cc(I)ccc2Br)c(Br)s1. The summed E-state index contributed by atoms with van der Waals surface area (Å²) in [6, 6.07) is 8.50. The fourth-order valence-electron chi connectivity index (χ4n) is 1.40. The van der Waals surface area contributed by atoms with Crippen LogP contribution in [-0.4, -0.2) is 0 Å². The molecule has 2 rings (SSSR count). The van der Waals surface area contributed by atoms with E-state index in [0.29, 0.717) is 0 Å². The Morgan fingerprint density at radius 1 is 1.06 bits per heavy atom. The molecule has 0 radical (unpaired) electrons. The lowest BCUT2D eigenvalue weighted by atomic mass is 10.1. The fraction of sp³-hybridized carbons (Fsp3) is 0.0909. The third-order valence-electron chi connectivity index (χ3n) is 2.19. The van der Waals surface area contributed by atoms with Crippen LogP contribution < -0.4 is 0 Å². The van der Waals surface area contributed by atoms with E-state index in [4.69, 9.17) is 0 Å². The van der Waals surface area contributed by atoms with Crippen LogP contribution in [0.5, 0.6) is 0 Å². The van der Waals surface area contributed by atoms with E-state index in [1.807, 2.05) is 0 Å². The lowest BCUT2D eigenvalue weighted by Crippen LogP contribution is -1.93. The number of hydrogen-bond donors (Lipinski definition) is 0. The average Bonchev–Trinajstić information content (AvgIpc) is 2.60. The zero-order valence-electron chi connectivity index (χ0n) is 8.18. The minimum atomic E-state index is 0.184. The van der Waals surface area contributed by atoms with E-state index in [0.717, 1.165) is 12.0 Å². The van der Waals surface area contributed by atoms with Gasteiger partial charge in [-0.05, 0) is 89.8 Å². The molecule has 0 nitrogen and oxygen atoms in total.